The van der Waals surface area contributed by atoms with Gasteiger partial charge >= 0.3 is 6.18 Å². The van der Waals surface area contributed by atoms with Crippen LogP contribution in [0.15, 0.2) is 24.3 Å². The van der Waals surface area contributed by atoms with E-state index in [9.17, 15) is 31.2 Å². The van der Waals surface area contributed by atoms with Crippen LogP contribution >= 0.6 is 0 Å². The molecule has 1 saturated heterocycles. The third-order valence-corrected chi connectivity index (χ3v) is 5.19. The molecule has 1 unspecified atom stereocenters. The molecule has 0 aromatic heterocycles. The molecule has 1 fully saturated rings. The second-order valence-electron chi connectivity index (χ2n) is 5.44. The Bertz CT molecular complexity index is 747. The monoisotopic (exact) mass is 364 g/mol. The molecule has 132 valence electrons. The minimum atomic E-state index is -4.63. The average molecular weight is 364 g/mol. The summed E-state index contributed by atoms with van der Waals surface area (Å²) in [7, 11) is -3.18. The van der Waals surface area contributed by atoms with Gasteiger partial charge in [0.15, 0.2) is 9.84 Å². The number of para-hydroxylation sites is 1. The van der Waals surface area contributed by atoms with Crippen LogP contribution in [-0.4, -0.2) is 37.8 Å². The van der Waals surface area contributed by atoms with Gasteiger partial charge in [-0.15, -0.1) is 0 Å². The first-order chi connectivity index (χ1) is 11.1. The molecule has 2 N–H and O–H groups in total. The number of hydrogen-bond donors (Lipinski definition) is 2. The Morgan fingerprint density at radius 3 is 2.42 bits per heavy atom. The number of carbonyl (C=O) groups excluding carboxylic acids is 2. The molecular formula is C14H15F3N2O4S. The van der Waals surface area contributed by atoms with Gasteiger partial charge in [0.25, 0.3) is 0 Å². The highest BCUT2D eigenvalue weighted by Gasteiger charge is 2.34. The van der Waals surface area contributed by atoms with E-state index in [2.05, 4.69) is 10.6 Å². The Kier molecular flexibility index (Phi) is 5.16. The molecule has 0 radical (unpaired) electrons. The van der Waals surface area contributed by atoms with Gasteiger partial charge in [-0.25, -0.2) is 8.42 Å². The van der Waals surface area contributed by atoms with Crippen LogP contribution in [0.2, 0.25) is 0 Å². The standard InChI is InChI=1S/C14H15F3N2O4S/c15-14(16,17)10-3-1-2-4-11(10)19-13(21)7-12(20)18-9-5-6-24(22,23)8-9/h1-4,9H,5-8H2,(H,18,20)(H,19,21). The number of hydrogen-bond acceptors (Lipinski definition) is 4. The van der Waals surface area contributed by atoms with Crippen LogP contribution in [0.25, 0.3) is 0 Å². The first-order valence-corrected chi connectivity index (χ1v) is 8.85. The van der Waals surface area contributed by atoms with Crippen LogP contribution in [-0.2, 0) is 25.6 Å². The van der Waals surface area contributed by atoms with E-state index >= 15 is 0 Å². The van der Waals surface area contributed by atoms with E-state index in [0.29, 0.717) is 0 Å². The van der Waals surface area contributed by atoms with E-state index in [4.69, 9.17) is 0 Å². The topological polar surface area (TPSA) is 92.3 Å². The molecule has 0 saturated carbocycles. The number of alkyl halides is 3. The van der Waals surface area contributed by atoms with E-state index in [0.717, 1.165) is 12.1 Å². The molecule has 10 heteroatoms. The molecule has 1 aromatic carbocycles. The zero-order valence-corrected chi connectivity index (χ0v) is 13.2. The predicted molar refractivity (Wildman–Crippen MR) is 79.9 cm³/mol. The largest absolute Gasteiger partial charge is 0.418 e. The summed E-state index contributed by atoms with van der Waals surface area (Å²) in [4.78, 5) is 23.4. The number of amides is 2. The molecule has 6 nitrogen and oxygen atoms in total. The van der Waals surface area contributed by atoms with Crippen molar-refractivity contribution in [3.05, 3.63) is 29.8 Å². The third-order valence-electron chi connectivity index (χ3n) is 3.43. The summed E-state index contributed by atoms with van der Waals surface area (Å²) in [5.41, 5.74) is -1.45. The molecule has 2 amide bonds. The molecule has 1 aromatic rings. The Morgan fingerprint density at radius 2 is 1.83 bits per heavy atom. The van der Waals surface area contributed by atoms with Crippen LogP contribution in [0, 0.1) is 0 Å². The van der Waals surface area contributed by atoms with Gasteiger partial charge in [-0.3, -0.25) is 9.59 Å². The van der Waals surface area contributed by atoms with Crippen molar-refractivity contribution in [1.82, 2.24) is 5.32 Å². The van der Waals surface area contributed by atoms with Crippen molar-refractivity contribution < 1.29 is 31.2 Å². The van der Waals surface area contributed by atoms with E-state index in [1.807, 2.05) is 0 Å². The molecule has 24 heavy (non-hydrogen) atoms. The Hall–Kier alpha value is -2.10. The van der Waals surface area contributed by atoms with Crippen molar-refractivity contribution in [2.75, 3.05) is 16.8 Å². The quantitative estimate of drug-likeness (QED) is 0.789. The molecule has 1 aliphatic heterocycles. The van der Waals surface area contributed by atoms with Gasteiger partial charge in [0.05, 0.1) is 22.8 Å². The lowest BCUT2D eigenvalue weighted by molar-refractivity contribution is -0.137. The number of nitrogens with one attached hydrogen (secondary N) is 2. The van der Waals surface area contributed by atoms with Gasteiger partial charge in [0, 0.05) is 6.04 Å². The average Bonchev–Trinajstić information content (AvgIpc) is 2.76. The lowest BCUT2D eigenvalue weighted by Gasteiger charge is -2.14. The Balaban J connectivity index is 1.93. The zero-order chi connectivity index (χ0) is 18.0. The maximum Gasteiger partial charge on any atom is 0.418 e. The van der Waals surface area contributed by atoms with Gasteiger partial charge in [0.2, 0.25) is 11.8 Å². The molecule has 2 rings (SSSR count). The van der Waals surface area contributed by atoms with E-state index in [1.165, 1.54) is 12.1 Å². The maximum absolute atomic E-state index is 12.8. The van der Waals surface area contributed by atoms with Crippen molar-refractivity contribution in [1.29, 1.82) is 0 Å². The predicted octanol–water partition coefficient (Wildman–Crippen LogP) is 1.34. The number of rotatable bonds is 4. The normalized spacial score (nSPS) is 19.7. The Labute approximate surface area is 136 Å². The van der Waals surface area contributed by atoms with Crippen molar-refractivity contribution >= 4 is 27.3 Å². The molecule has 1 aliphatic rings. The van der Waals surface area contributed by atoms with Gasteiger partial charge in [-0.2, -0.15) is 13.2 Å². The second-order valence-corrected chi connectivity index (χ2v) is 7.66. The van der Waals surface area contributed by atoms with Gasteiger partial charge in [-0.05, 0) is 18.6 Å². The number of halogens is 3. The molecule has 0 spiro atoms. The van der Waals surface area contributed by atoms with Gasteiger partial charge in [0.1, 0.15) is 6.42 Å². The smallest absolute Gasteiger partial charge is 0.352 e. The van der Waals surface area contributed by atoms with E-state index in [-0.39, 0.29) is 17.9 Å². The molecule has 0 bridgehead atoms. The molecule has 1 atom stereocenters. The van der Waals surface area contributed by atoms with Crippen LogP contribution in [0.5, 0.6) is 0 Å². The molecule has 0 aliphatic carbocycles. The summed E-state index contributed by atoms with van der Waals surface area (Å²) >= 11 is 0. The van der Waals surface area contributed by atoms with Crippen LogP contribution in [0.3, 0.4) is 0 Å². The van der Waals surface area contributed by atoms with Gasteiger partial charge in [-0.1, -0.05) is 12.1 Å². The molecular weight excluding hydrogens is 349 g/mol. The number of benzene rings is 1. The number of sulfone groups is 1. The van der Waals surface area contributed by atoms with Crippen molar-refractivity contribution in [2.45, 2.75) is 25.1 Å². The number of anilines is 1. The maximum atomic E-state index is 12.8. The summed E-state index contributed by atoms with van der Waals surface area (Å²) in [6, 6.07) is 3.85. The lowest BCUT2D eigenvalue weighted by atomic mass is 10.1. The lowest BCUT2D eigenvalue weighted by Crippen LogP contribution is -2.37. The van der Waals surface area contributed by atoms with Crippen LogP contribution < -0.4 is 10.6 Å². The summed E-state index contributed by atoms with van der Waals surface area (Å²) in [5.74, 6) is -1.88. The fourth-order valence-electron chi connectivity index (χ4n) is 2.37. The second kappa shape index (κ2) is 6.80. The third kappa shape index (κ3) is 4.95. The number of carbonyl (C=O) groups is 2. The zero-order valence-electron chi connectivity index (χ0n) is 12.4. The highest BCUT2D eigenvalue weighted by atomic mass is 32.2. The summed E-state index contributed by atoms with van der Waals surface area (Å²) in [6.45, 7) is 0. The van der Waals surface area contributed by atoms with Gasteiger partial charge < -0.3 is 10.6 Å². The first-order valence-electron chi connectivity index (χ1n) is 7.03. The minimum Gasteiger partial charge on any atom is -0.352 e. The van der Waals surface area contributed by atoms with Crippen molar-refractivity contribution in [3.8, 4) is 0 Å². The highest BCUT2D eigenvalue weighted by molar-refractivity contribution is 7.91. The summed E-state index contributed by atoms with van der Waals surface area (Å²) < 4.78 is 61.0. The first kappa shape index (κ1) is 18.2. The summed E-state index contributed by atoms with van der Waals surface area (Å²) in [5, 5.41) is 4.45. The van der Waals surface area contributed by atoms with Crippen LogP contribution in [0.4, 0.5) is 18.9 Å². The van der Waals surface area contributed by atoms with Crippen molar-refractivity contribution in [3.63, 3.8) is 0 Å². The van der Waals surface area contributed by atoms with Crippen molar-refractivity contribution in [2.24, 2.45) is 0 Å². The minimum absolute atomic E-state index is 0.0386. The highest BCUT2D eigenvalue weighted by Crippen LogP contribution is 2.34. The summed E-state index contributed by atoms with van der Waals surface area (Å²) in [6.07, 6.45) is -5.07. The fourth-order valence-corrected chi connectivity index (χ4v) is 4.04. The Morgan fingerprint density at radius 1 is 1.17 bits per heavy atom. The molecule has 1 heterocycles. The fraction of sp³-hybridized carbons (Fsp3) is 0.429. The van der Waals surface area contributed by atoms with Crippen LogP contribution in [0.1, 0.15) is 18.4 Å². The van der Waals surface area contributed by atoms with E-state index < -0.39 is 51.5 Å². The van der Waals surface area contributed by atoms with E-state index in [1.54, 1.807) is 0 Å². The SMILES string of the molecule is O=C(CC(=O)NC1CCS(=O)(=O)C1)Nc1ccccc1C(F)(F)F.